The van der Waals surface area contributed by atoms with Gasteiger partial charge in [0.1, 0.15) is 12.6 Å². The van der Waals surface area contributed by atoms with Gasteiger partial charge in [-0.3, -0.25) is 14.5 Å². The van der Waals surface area contributed by atoms with Gasteiger partial charge in [0.05, 0.1) is 19.8 Å². The summed E-state index contributed by atoms with van der Waals surface area (Å²) < 4.78 is 10.7. The van der Waals surface area contributed by atoms with Crippen LogP contribution in [0.3, 0.4) is 0 Å². The number of ether oxygens (including phenoxy) is 2. The number of nitrogens with zero attached hydrogens (tertiary/aromatic N) is 3. The fourth-order valence-corrected chi connectivity index (χ4v) is 4.40. The van der Waals surface area contributed by atoms with Crippen molar-refractivity contribution in [1.82, 2.24) is 20.0 Å². The molecule has 3 amide bonds. The summed E-state index contributed by atoms with van der Waals surface area (Å²) in [6, 6.07) is 18.2. The topological polar surface area (TPSA) is 91.4 Å². The van der Waals surface area contributed by atoms with Crippen LogP contribution in [0.1, 0.15) is 11.1 Å². The zero-order valence-electron chi connectivity index (χ0n) is 20.5. The Morgan fingerprint density at radius 1 is 0.806 bits per heavy atom. The number of alkyl carbamates (subject to hydrolysis) is 1. The van der Waals surface area contributed by atoms with E-state index in [9.17, 15) is 14.4 Å². The zero-order chi connectivity index (χ0) is 25.2. The van der Waals surface area contributed by atoms with Gasteiger partial charge >= 0.3 is 6.09 Å². The van der Waals surface area contributed by atoms with E-state index < -0.39 is 12.1 Å². The van der Waals surface area contributed by atoms with Crippen LogP contribution in [0.5, 0.6) is 0 Å². The summed E-state index contributed by atoms with van der Waals surface area (Å²) in [5, 5.41) is 2.77. The number of carbonyl (C=O) groups is 3. The Labute approximate surface area is 211 Å². The molecule has 0 radical (unpaired) electrons. The molecule has 2 saturated heterocycles. The molecular weight excluding hydrogens is 460 g/mol. The van der Waals surface area contributed by atoms with E-state index in [1.54, 1.807) is 4.90 Å². The largest absolute Gasteiger partial charge is 0.445 e. The van der Waals surface area contributed by atoms with E-state index in [4.69, 9.17) is 9.47 Å². The number of morpholine rings is 1. The lowest BCUT2D eigenvalue weighted by Gasteiger charge is -2.37. The second-order valence-corrected chi connectivity index (χ2v) is 9.04. The fourth-order valence-electron chi connectivity index (χ4n) is 4.40. The van der Waals surface area contributed by atoms with Crippen LogP contribution in [0.4, 0.5) is 4.79 Å². The second kappa shape index (κ2) is 13.0. The van der Waals surface area contributed by atoms with E-state index in [1.165, 1.54) is 0 Å². The predicted octanol–water partition coefficient (Wildman–Crippen LogP) is 1.53. The summed E-state index contributed by atoms with van der Waals surface area (Å²) in [5.41, 5.74) is 1.81. The highest BCUT2D eigenvalue weighted by atomic mass is 16.5. The van der Waals surface area contributed by atoms with Gasteiger partial charge in [-0.05, 0) is 11.1 Å². The van der Waals surface area contributed by atoms with Crippen LogP contribution in [-0.4, -0.2) is 97.7 Å². The maximum atomic E-state index is 13.4. The molecular formula is C27H34N4O5. The molecule has 9 heteroatoms. The van der Waals surface area contributed by atoms with Gasteiger partial charge in [-0.15, -0.1) is 0 Å². The maximum absolute atomic E-state index is 13.4. The molecule has 0 spiro atoms. The van der Waals surface area contributed by atoms with Crippen LogP contribution < -0.4 is 5.32 Å². The lowest BCUT2D eigenvalue weighted by atomic mass is 10.0. The van der Waals surface area contributed by atoms with Crippen molar-refractivity contribution in [3.63, 3.8) is 0 Å². The summed E-state index contributed by atoms with van der Waals surface area (Å²) in [6.07, 6.45) is -0.275. The first kappa shape index (κ1) is 25.7. The maximum Gasteiger partial charge on any atom is 0.408 e. The van der Waals surface area contributed by atoms with Crippen LogP contribution in [0, 0.1) is 0 Å². The third-order valence-electron chi connectivity index (χ3n) is 6.49. The number of amides is 3. The normalized spacial score (nSPS) is 17.3. The van der Waals surface area contributed by atoms with Crippen LogP contribution in [-0.2, 0) is 32.1 Å². The van der Waals surface area contributed by atoms with E-state index in [0.29, 0.717) is 52.4 Å². The highest BCUT2D eigenvalue weighted by Gasteiger charge is 2.31. The van der Waals surface area contributed by atoms with Crippen LogP contribution in [0.2, 0.25) is 0 Å². The summed E-state index contributed by atoms with van der Waals surface area (Å²) in [4.78, 5) is 44.4. The molecule has 4 rings (SSSR count). The van der Waals surface area contributed by atoms with Crippen LogP contribution in [0.15, 0.2) is 60.7 Å². The summed E-state index contributed by atoms with van der Waals surface area (Å²) >= 11 is 0. The second-order valence-electron chi connectivity index (χ2n) is 9.04. The Kier molecular flexibility index (Phi) is 9.29. The number of hydrogen-bond donors (Lipinski definition) is 1. The van der Waals surface area contributed by atoms with Gasteiger partial charge in [0.15, 0.2) is 0 Å². The quantitative estimate of drug-likeness (QED) is 0.599. The highest BCUT2D eigenvalue weighted by molar-refractivity contribution is 5.86. The Hall–Kier alpha value is -3.43. The molecule has 0 bridgehead atoms. The Balaban J connectivity index is 1.32. The average molecular weight is 495 g/mol. The van der Waals surface area contributed by atoms with Crippen molar-refractivity contribution in [1.29, 1.82) is 0 Å². The molecule has 1 N–H and O–H groups in total. The SMILES string of the molecule is O=C(N[C@@H](Cc1ccccc1)C(=O)N1CCN(C(=O)CN2CCOCC2)CC1)OCc1ccccc1. The lowest BCUT2D eigenvalue weighted by Crippen LogP contribution is -2.57. The first-order valence-electron chi connectivity index (χ1n) is 12.5. The van der Waals surface area contributed by atoms with E-state index >= 15 is 0 Å². The molecule has 9 nitrogen and oxygen atoms in total. The van der Waals surface area contributed by atoms with Gasteiger partial charge in [0.25, 0.3) is 0 Å². The van der Waals surface area contributed by atoms with Crippen molar-refractivity contribution >= 4 is 17.9 Å². The molecule has 2 aromatic rings. The Morgan fingerprint density at radius 2 is 1.39 bits per heavy atom. The predicted molar refractivity (Wildman–Crippen MR) is 134 cm³/mol. The van der Waals surface area contributed by atoms with Gasteiger partial charge in [-0.1, -0.05) is 60.7 Å². The lowest BCUT2D eigenvalue weighted by molar-refractivity contribution is -0.141. The van der Waals surface area contributed by atoms with Crippen molar-refractivity contribution in [2.75, 3.05) is 59.0 Å². The third kappa shape index (κ3) is 7.53. The first-order chi connectivity index (χ1) is 17.6. The third-order valence-corrected chi connectivity index (χ3v) is 6.49. The Morgan fingerprint density at radius 3 is 2.03 bits per heavy atom. The molecule has 2 heterocycles. The van der Waals surface area contributed by atoms with Gasteiger partial charge in [0.2, 0.25) is 11.8 Å². The number of rotatable bonds is 8. The van der Waals surface area contributed by atoms with Crippen LogP contribution >= 0.6 is 0 Å². The number of benzene rings is 2. The van der Waals surface area contributed by atoms with Gasteiger partial charge < -0.3 is 24.6 Å². The first-order valence-corrected chi connectivity index (χ1v) is 12.5. The molecule has 0 aromatic heterocycles. The van der Waals surface area contributed by atoms with Crippen molar-refractivity contribution in [2.24, 2.45) is 0 Å². The molecule has 0 saturated carbocycles. The minimum atomic E-state index is -0.758. The minimum Gasteiger partial charge on any atom is -0.445 e. The van der Waals surface area contributed by atoms with Crippen molar-refractivity contribution in [2.45, 2.75) is 19.1 Å². The molecule has 192 valence electrons. The summed E-state index contributed by atoms with van der Waals surface area (Å²) in [7, 11) is 0. The minimum absolute atomic E-state index is 0.0763. The van der Waals surface area contributed by atoms with Gasteiger partial charge in [0, 0.05) is 45.7 Å². The molecule has 36 heavy (non-hydrogen) atoms. The number of piperazine rings is 1. The van der Waals surface area contributed by atoms with Crippen molar-refractivity contribution in [3.05, 3.63) is 71.8 Å². The number of nitrogens with one attached hydrogen (secondary N) is 1. The summed E-state index contributed by atoms with van der Waals surface area (Å²) in [5.74, 6) is -0.0942. The van der Waals surface area contributed by atoms with E-state index in [1.807, 2.05) is 65.6 Å². The molecule has 2 fully saturated rings. The number of hydrogen-bond acceptors (Lipinski definition) is 6. The van der Waals surface area contributed by atoms with Crippen LogP contribution in [0.25, 0.3) is 0 Å². The molecule has 1 atom stereocenters. The fraction of sp³-hybridized carbons (Fsp3) is 0.444. The van der Waals surface area contributed by atoms with E-state index in [-0.39, 0.29) is 18.4 Å². The van der Waals surface area contributed by atoms with E-state index in [0.717, 1.165) is 24.2 Å². The number of carbonyl (C=O) groups excluding carboxylic acids is 3. The molecule has 0 aliphatic carbocycles. The highest BCUT2D eigenvalue weighted by Crippen LogP contribution is 2.11. The van der Waals surface area contributed by atoms with Crippen molar-refractivity contribution < 1.29 is 23.9 Å². The standard InChI is InChI=1S/C27H34N4O5/c32-25(20-29-15-17-35-18-16-29)30-11-13-31(14-12-30)26(33)24(19-22-7-3-1-4-8-22)28-27(34)36-21-23-9-5-2-6-10-23/h1-10,24H,11-21H2,(H,28,34)/t24-/m0/s1. The zero-order valence-corrected chi connectivity index (χ0v) is 20.5. The molecule has 2 aliphatic rings. The van der Waals surface area contributed by atoms with Crippen molar-refractivity contribution in [3.8, 4) is 0 Å². The molecule has 0 unspecified atom stereocenters. The van der Waals surface area contributed by atoms with E-state index in [2.05, 4.69) is 10.2 Å². The van der Waals surface area contributed by atoms with Gasteiger partial charge in [-0.25, -0.2) is 4.79 Å². The Bertz CT molecular complexity index is 990. The monoisotopic (exact) mass is 494 g/mol. The smallest absolute Gasteiger partial charge is 0.408 e. The molecule has 2 aromatic carbocycles. The average Bonchev–Trinajstić information content (AvgIpc) is 2.93. The summed E-state index contributed by atoms with van der Waals surface area (Å²) in [6.45, 7) is 5.15. The van der Waals surface area contributed by atoms with Gasteiger partial charge in [-0.2, -0.15) is 0 Å². The molecule has 2 aliphatic heterocycles.